The zero-order chi connectivity index (χ0) is 10.8. The van der Waals surface area contributed by atoms with Crippen molar-refractivity contribution >= 4 is 5.82 Å². The Kier molecular flexibility index (Phi) is 2.80. The summed E-state index contributed by atoms with van der Waals surface area (Å²) in [5.41, 5.74) is 0. The number of hydrogen-bond acceptors (Lipinski definition) is 4. The van der Waals surface area contributed by atoms with Crippen LogP contribution in [0.2, 0.25) is 0 Å². The van der Waals surface area contributed by atoms with Gasteiger partial charge < -0.3 is 16.0 Å². The molecule has 0 saturated carbocycles. The number of nitrogens with zero attached hydrogens (tertiary/aromatic N) is 2. The molecule has 0 aliphatic carbocycles. The summed E-state index contributed by atoms with van der Waals surface area (Å²) in [5, 5.41) is 14.6. The van der Waals surface area contributed by atoms with Crippen LogP contribution in [0.4, 0.5) is 5.82 Å². The molecule has 0 spiro atoms. The van der Waals surface area contributed by atoms with Crippen molar-refractivity contribution < 1.29 is 0 Å². The Hall–Kier alpha value is -1.07. The van der Waals surface area contributed by atoms with E-state index in [0.717, 1.165) is 38.6 Å². The molecule has 0 aromatic carbocycles. The highest BCUT2D eigenvalue weighted by molar-refractivity contribution is 5.35. The second-order valence-electron chi connectivity index (χ2n) is 4.71. The standard InChI is InChI=1S/C11H19N5/c1-3-12-5-9(1)6-14-11-2-4-15-16(11)10-7-13-8-10/h2,4,9-10,12-14H,1,3,5-8H2/t9-/m1/s1. The van der Waals surface area contributed by atoms with Gasteiger partial charge in [0.25, 0.3) is 0 Å². The van der Waals surface area contributed by atoms with Gasteiger partial charge in [-0.05, 0) is 25.4 Å². The summed E-state index contributed by atoms with van der Waals surface area (Å²) in [6, 6.07) is 2.61. The van der Waals surface area contributed by atoms with Crippen molar-refractivity contribution in [1.82, 2.24) is 20.4 Å². The Labute approximate surface area is 95.6 Å². The molecule has 1 aromatic rings. The normalized spacial score (nSPS) is 25.6. The monoisotopic (exact) mass is 221 g/mol. The lowest BCUT2D eigenvalue weighted by Gasteiger charge is -2.29. The topological polar surface area (TPSA) is 53.9 Å². The van der Waals surface area contributed by atoms with Gasteiger partial charge in [0.05, 0.1) is 12.2 Å². The molecule has 16 heavy (non-hydrogen) atoms. The maximum atomic E-state index is 4.38. The van der Waals surface area contributed by atoms with Gasteiger partial charge in [-0.1, -0.05) is 0 Å². The molecular formula is C11H19N5. The summed E-state index contributed by atoms with van der Waals surface area (Å²) in [7, 11) is 0. The van der Waals surface area contributed by atoms with E-state index in [1.165, 1.54) is 12.2 Å². The quantitative estimate of drug-likeness (QED) is 0.672. The minimum Gasteiger partial charge on any atom is -0.370 e. The molecule has 2 aliphatic rings. The van der Waals surface area contributed by atoms with E-state index in [2.05, 4.69) is 31.8 Å². The highest BCUT2D eigenvalue weighted by Gasteiger charge is 2.22. The lowest BCUT2D eigenvalue weighted by molar-refractivity contribution is 0.321. The number of hydrogen-bond donors (Lipinski definition) is 3. The Morgan fingerprint density at radius 3 is 3.00 bits per heavy atom. The number of rotatable bonds is 4. The highest BCUT2D eigenvalue weighted by atomic mass is 15.4. The van der Waals surface area contributed by atoms with Crippen molar-refractivity contribution in [2.45, 2.75) is 12.5 Å². The van der Waals surface area contributed by atoms with E-state index in [0.29, 0.717) is 6.04 Å². The summed E-state index contributed by atoms with van der Waals surface area (Å²) in [5.74, 6) is 1.93. The van der Waals surface area contributed by atoms with Crippen molar-refractivity contribution in [2.24, 2.45) is 5.92 Å². The van der Waals surface area contributed by atoms with Crippen LogP contribution in [0.3, 0.4) is 0 Å². The van der Waals surface area contributed by atoms with E-state index in [1.54, 1.807) is 0 Å². The molecule has 0 bridgehead atoms. The average Bonchev–Trinajstić information content (AvgIpc) is 2.82. The summed E-state index contributed by atoms with van der Waals surface area (Å²) in [6.07, 6.45) is 3.17. The van der Waals surface area contributed by atoms with Crippen LogP contribution in [0.15, 0.2) is 12.3 Å². The minimum absolute atomic E-state index is 0.541. The maximum Gasteiger partial charge on any atom is 0.124 e. The van der Waals surface area contributed by atoms with Crippen LogP contribution in [0.5, 0.6) is 0 Å². The molecule has 5 heteroatoms. The fourth-order valence-corrected chi connectivity index (χ4v) is 2.33. The minimum atomic E-state index is 0.541. The molecule has 0 amide bonds. The van der Waals surface area contributed by atoms with Gasteiger partial charge in [-0.25, -0.2) is 4.68 Å². The second kappa shape index (κ2) is 4.43. The number of aromatic nitrogens is 2. The van der Waals surface area contributed by atoms with Crippen LogP contribution in [-0.2, 0) is 0 Å². The zero-order valence-electron chi connectivity index (χ0n) is 9.45. The molecule has 2 fully saturated rings. The summed E-state index contributed by atoms with van der Waals surface area (Å²) < 4.78 is 2.11. The fourth-order valence-electron chi connectivity index (χ4n) is 2.33. The van der Waals surface area contributed by atoms with Gasteiger partial charge in [-0.2, -0.15) is 5.10 Å². The zero-order valence-corrected chi connectivity index (χ0v) is 9.45. The molecule has 3 heterocycles. The SMILES string of the molecule is c1cc(NC[C@@H]2CCNC2)n(C2CNC2)n1. The van der Waals surface area contributed by atoms with E-state index < -0.39 is 0 Å². The predicted molar refractivity (Wildman–Crippen MR) is 63.6 cm³/mol. The average molecular weight is 221 g/mol. The first-order chi connectivity index (χ1) is 7.93. The Morgan fingerprint density at radius 2 is 2.31 bits per heavy atom. The molecular weight excluding hydrogens is 202 g/mol. The van der Waals surface area contributed by atoms with Gasteiger partial charge >= 0.3 is 0 Å². The Bertz CT molecular complexity index is 338. The van der Waals surface area contributed by atoms with E-state index in [1.807, 2.05) is 6.20 Å². The van der Waals surface area contributed by atoms with Crippen LogP contribution in [0.1, 0.15) is 12.5 Å². The lowest BCUT2D eigenvalue weighted by atomic mass is 10.1. The van der Waals surface area contributed by atoms with E-state index >= 15 is 0 Å². The van der Waals surface area contributed by atoms with E-state index in [9.17, 15) is 0 Å². The van der Waals surface area contributed by atoms with Crippen molar-refractivity contribution in [3.8, 4) is 0 Å². The first kappa shape index (κ1) is 10.1. The van der Waals surface area contributed by atoms with Crippen LogP contribution in [0.25, 0.3) is 0 Å². The number of nitrogens with one attached hydrogen (secondary N) is 3. The molecule has 88 valence electrons. The summed E-state index contributed by atoms with van der Waals surface area (Å²) >= 11 is 0. The Morgan fingerprint density at radius 1 is 1.38 bits per heavy atom. The van der Waals surface area contributed by atoms with Gasteiger partial charge in [-0.15, -0.1) is 0 Å². The fraction of sp³-hybridized carbons (Fsp3) is 0.727. The highest BCUT2D eigenvalue weighted by Crippen LogP contribution is 2.18. The third-order valence-corrected chi connectivity index (χ3v) is 3.51. The van der Waals surface area contributed by atoms with Crippen LogP contribution >= 0.6 is 0 Å². The molecule has 3 rings (SSSR count). The van der Waals surface area contributed by atoms with Gasteiger partial charge in [0, 0.05) is 25.7 Å². The molecule has 3 N–H and O–H groups in total. The molecule has 5 nitrogen and oxygen atoms in total. The van der Waals surface area contributed by atoms with Crippen molar-refractivity contribution in [2.75, 3.05) is 38.0 Å². The number of anilines is 1. The third-order valence-electron chi connectivity index (χ3n) is 3.51. The van der Waals surface area contributed by atoms with Gasteiger partial charge in [0.1, 0.15) is 5.82 Å². The predicted octanol–water partition coefficient (Wildman–Crippen LogP) is 0.0488. The Balaban J connectivity index is 1.58. The maximum absolute atomic E-state index is 4.38. The smallest absolute Gasteiger partial charge is 0.124 e. The molecule has 1 atom stereocenters. The third kappa shape index (κ3) is 1.92. The van der Waals surface area contributed by atoms with E-state index in [-0.39, 0.29) is 0 Å². The molecule has 2 aliphatic heterocycles. The largest absolute Gasteiger partial charge is 0.370 e. The van der Waals surface area contributed by atoms with E-state index in [4.69, 9.17) is 0 Å². The van der Waals surface area contributed by atoms with Crippen molar-refractivity contribution in [1.29, 1.82) is 0 Å². The molecule has 1 aromatic heterocycles. The molecule has 2 saturated heterocycles. The lowest BCUT2D eigenvalue weighted by Crippen LogP contribution is -2.44. The molecule has 0 radical (unpaired) electrons. The van der Waals surface area contributed by atoms with Crippen LogP contribution in [-0.4, -0.2) is 42.5 Å². The van der Waals surface area contributed by atoms with Gasteiger partial charge in [-0.3, -0.25) is 0 Å². The van der Waals surface area contributed by atoms with Crippen molar-refractivity contribution in [3.63, 3.8) is 0 Å². The summed E-state index contributed by atoms with van der Waals surface area (Å²) in [4.78, 5) is 0. The first-order valence-corrected chi connectivity index (χ1v) is 6.12. The van der Waals surface area contributed by atoms with Crippen LogP contribution < -0.4 is 16.0 Å². The van der Waals surface area contributed by atoms with Gasteiger partial charge in [0.15, 0.2) is 0 Å². The summed E-state index contributed by atoms with van der Waals surface area (Å²) in [6.45, 7) is 5.45. The van der Waals surface area contributed by atoms with Crippen LogP contribution in [0, 0.1) is 5.92 Å². The first-order valence-electron chi connectivity index (χ1n) is 6.12. The van der Waals surface area contributed by atoms with Gasteiger partial charge in [0.2, 0.25) is 0 Å². The van der Waals surface area contributed by atoms with Crippen molar-refractivity contribution in [3.05, 3.63) is 12.3 Å². The second-order valence-corrected chi connectivity index (χ2v) is 4.71. The molecule has 0 unspecified atom stereocenters.